The summed E-state index contributed by atoms with van der Waals surface area (Å²) in [4.78, 5) is 13.0. The zero-order valence-corrected chi connectivity index (χ0v) is 24.3. The summed E-state index contributed by atoms with van der Waals surface area (Å²) in [5.41, 5.74) is 4.81. The van der Waals surface area contributed by atoms with E-state index in [1.54, 1.807) is 37.3 Å². The molecule has 2 fully saturated rings. The largest absolute Gasteiger partial charge is 0.453 e. The van der Waals surface area contributed by atoms with Gasteiger partial charge < -0.3 is 0 Å². The third kappa shape index (κ3) is 4.66. The highest BCUT2D eigenvalue weighted by molar-refractivity contribution is 7.90. The Hall–Kier alpha value is -2.81. The highest BCUT2D eigenvalue weighted by Crippen LogP contribution is 2.67. The second-order valence-corrected chi connectivity index (χ2v) is 14.8. The van der Waals surface area contributed by atoms with Crippen LogP contribution in [0.1, 0.15) is 63.4 Å². The van der Waals surface area contributed by atoms with Crippen molar-refractivity contribution in [2.45, 2.75) is 74.8 Å². The Bertz CT molecular complexity index is 1590. The van der Waals surface area contributed by atoms with Crippen molar-refractivity contribution >= 4 is 15.6 Å². The van der Waals surface area contributed by atoms with Gasteiger partial charge in [-0.05, 0) is 102 Å². The molecular weight excluding hydrogens is 571 g/mol. The summed E-state index contributed by atoms with van der Waals surface area (Å²) in [5.74, 6) is -6.91. The van der Waals surface area contributed by atoms with E-state index in [-0.39, 0.29) is 47.7 Å². The molecule has 3 nitrogen and oxygen atoms in total. The van der Waals surface area contributed by atoms with E-state index in [4.69, 9.17) is 0 Å². The Morgan fingerprint density at radius 1 is 0.857 bits per heavy atom. The van der Waals surface area contributed by atoms with Crippen molar-refractivity contribution in [3.63, 3.8) is 0 Å². The molecular formula is C33H33F5O3S. The third-order valence-corrected chi connectivity index (χ3v) is 11.7. The first-order chi connectivity index (χ1) is 19.6. The van der Waals surface area contributed by atoms with Gasteiger partial charge in [-0.25, -0.2) is 8.42 Å². The molecule has 6 rings (SSSR count). The van der Waals surface area contributed by atoms with E-state index < -0.39 is 33.3 Å². The number of hydrogen-bond donors (Lipinski definition) is 0. The molecule has 2 aromatic carbocycles. The fourth-order valence-corrected chi connectivity index (χ4v) is 9.14. The van der Waals surface area contributed by atoms with Gasteiger partial charge in [-0.3, -0.25) is 4.79 Å². The van der Waals surface area contributed by atoms with Crippen LogP contribution in [0.4, 0.5) is 22.0 Å². The van der Waals surface area contributed by atoms with Crippen molar-refractivity contribution in [3.8, 4) is 11.1 Å². The van der Waals surface area contributed by atoms with E-state index in [9.17, 15) is 35.2 Å². The molecule has 0 spiro atoms. The zero-order valence-electron chi connectivity index (χ0n) is 23.5. The number of carbonyl (C=O) groups excluding carboxylic acids is 1. The Balaban J connectivity index is 1.33. The number of benzene rings is 2. The van der Waals surface area contributed by atoms with Crippen LogP contribution in [0.3, 0.4) is 0 Å². The van der Waals surface area contributed by atoms with E-state index in [1.165, 1.54) is 0 Å². The van der Waals surface area contributed by atoms with E-state index >= 15 is 0 Å². The Morgan fingerprint density at radius 2 is 1.48 bits per heavy atom. The van der Waals surface area contributed by atoms with Crippen LogP contribution in [0, 0.1) is 23.2 Å². The van der Waals surface area contributed by atoms with Gasteiger partial charge in [0.1, 0.15) is 0 Å². The first-order valence-electron chi connectivity index (χ1n) is 14.4. The molecule has 42 heavy (non-hydrogen) atoms. The molecule has 0 heterocycles. The molecule has 224 valence electrons. The summed E-state index contributed by atoms with van der Waals surface area (Å²) in [6.45, 7) is 1.64. The minimum atomic E-state index is -5.56. The molecule has 4 aliphatic rings. The number of hydrogen-bond acceptors (Lipinski definition) is 3. The summed E-state index contributed by atoms with van der Waals surface area (Å²) in [5, 5.41) is 0. The molecule has 2 saturated carbocycles. The number of fused-ring (bicyclic) bond motifs is 4. The van der Waals surface area contributed by atoms with Gasteiger partial charge in [0.25, 0.3) is 0 Å². The molecule has 0 saturated heterocycles. The van der Waals surface area contributed by atoms with Crippen molar-refractivity contribution in [2.75, 3.05) is 6.26 Å². The summed E-state index contributed by atoms with van der Waals surface area (Å²) in [6.07, 6.45) is -0.178. The number of allylic oxidation sites excluding steroid dienone is 4. The van der Waals surface area contributed by atoms with E-state index in [0.717, 1.165) is 39.7 Å². The predicted molar refractivity (Wildman–Crippen MR) is 150 cm³/mol. The molecule has 2 aromatic rings. The van der Waals surface area contributed by atoms with Gasteiger partial charge in [0, 0.05) is 24.5 Å². The van der Waals surface area contributed by atoms with Gasteiger partial charge in [0.05, 0.1) is 4.90 Å². The first kappa shape index (κ1) is 29.3. The molecule has 9 heteroatoms. The van der Waals surface area contributed by atoms with Gasteiger partial charge in [-0.2, -0.15) is 22.0 Å². The Kier molecular flexibility index (Phi) is 6.87. The molecule has 0 N–H and O–H groups in total. The number of sulfone groups is 1. The van der Waals surface area contributed by atoms with Crippen molar-refractivity contribution in [2.24, 2.45) is 23.2 Å². The minimum Gasteiger partial charge on any atom is -0.295 e. The summed E-state index contributed by atoms with van der Waals surface area (Å²) >= 11 is 0. The summed E-state index contributed by atoms with van der Waals surface area (Å²) in [6, 6.07) is 14.5. The molecule has 5 atom stereocenters. The SMILES string of the molecule is C[C@]12CCC3=C4C(=CC(=O)CC4c4ccc(-c5ccc(S(C)(=O)=O)cc5)cc4)CC[C@H]3[C@@H]1CCC2C(F)(F)C(F)(F)F. The average molecular weight is 605 g/mol. The monoisotopic (exact) mass is 604 g/mol. The Labute approximate surface area is 242 Å². The highest BCUT2D eigenvalue weighted by atomic mass is 32.2. The minimum absolute atomic E-state index is 0.0321. The number of rotatable bonds is 4. The maximum atomic E-state index is 14.7. The zero-order chi connectivity index (χ0) is 30.2. The highest BCUT2D eigenvalue weighted by Gasteiger charge is 2.70. The quantitative estimate of drug-likeness (QED) is 0.329. The average Bonchev–Trinajstić information content (AvgIpc) is 3.29. The van der Waals surface area contributed by atoms with Crippen LogP contribution in [0.5, 0.6) is 0 Å². The molecule has 4 aliphatic carbocycles. The van der Waals surface area contributed by atoms with Crippen molar-refractivity contribution in [1.29, 1.82) is 0 Å². The fraction of sp³-hybridized carbons (Fsp3) is 0.485. The third-order valence-electron chi connectivity index (χ3n) is 10.5. The standard InChI is InChI=1S/C33H33F5O3S/c1-31-16-15-26-25(28(31)13-14-29(31)32(34,35)33(36,37)38)12-9-22-17-23(39)18-27(30(22)26)21-5-3-19(4-6-21)20-7-10-24(11-8-20)42(2,40)41/h3-8,10-11,17,25,27-29H,9,12-16,18H2,1-2H3/t25-,27?,28+,29?,31+/m1/s1. The molecule has 0 bridgehead atoms. The molecule has 0 amide bonds. The number of ketones is 1. The first-order valence-corrected chi connectivity index (χ1v) is 16.3. The summed E-state index contributed by atoms with van der Waals surface area (Å²) in [7, 11) is -3.31. The van der Waals surface area contributed by atoms with Crippen LogP contribution in [0.2, 0.25) is 0 Å². The van der Waals surface area contributed by atoms with Crippen LogP contribution in [-0.2, 0) is 14.6 Å². The van der Waals surface area contributed by atoms with Crippen LogP contribution < -0.4 is 0 Å². The second-order valence-electron chi connectivity index (χ2n) is 12.8. The topological polar surface area (TPSA) is 51.2 Å². The Morgan fingerprint density at radius 3 is 2.07 bits per heavy atom. The van der Waals surface area contributed by atoms with Crippen molar-refractivity contribution < 1.29 is 35.2 Å². The van der Waals surface area contributed by atoms with Crippen LogP contribution >= 0.6 is 0 Å². The maximum absolute atomic E-state index is 14.7. The number of alkyl halides is 5. The lowest BCUT2D eigenvalue weighted by molar-refractivity contribution is -0.314. The molecule has 0 aliphatic heterocycles. The smallest absolute Gasteiger partial charge is 0.295 e. The number of carbonyl (C=O) groups is 1. The fourth-order valence-electron chi connectivity index (χ4n) is 8.51. The maximum Gasteiger partial charge on any atom is 0.453 e. The van der Waals surface area contributed by atoms with Gasteiger partial charge in [-0.1, -0.05) is 48.9 Å². The van der Waals surface area contributed by atoms with E-state index in [1.807, 2.05) is 24.3 Å². The van der Waals surface area contributed by atoms with Crippen molar-refractivity contribution in [3.05, 3.63) is 76.9 Å². The van der Waals surface area contributed by atoms with E-state index in [0.29, 0.717) is 25.7 Å². The lowest BCUT2D eigenvalue weighted by Crippen LogP contribution is -2.51. The van der Waals surface area contributed by atoms with Gasteiger partial charge in [0.15, 0.2) is 15.6 Å². The normalized spacial score (nSPS) is 30.0. The number of halogens is 5. The molecule has 0 radical (unpaired) electrons. The lowest BCUT2D eigenvalue weighted by Gasteiger charge is -2.51. The van der Waals surface area contributed by atoms with Gasteiger partial charge in [0.2, 0.25) is 0 Å². The van der Waals surface area contributed by atoms with Crippen molar-refractivity contribution in [1.82, 2.24) is 0 Å². The van der Waals surface area contributed by atoms with Crippen LogP contribution in [-0.4, -0.2) is 32.6 Å². The predicted octanol–water partition coefficient (Wildman–Crippen LogP) is 8.47. The molecule has 2 unspecified atom stereocenters. The van der Waals surface area contributed by atoms with E-state index in [2.05, 4.69) is 0 Å². The van der Waals surface area contributed by atoms with Gasteiger partial charge >= 0.3 is 12.1 Å². The van der Waals surface area contributed by atoms with Crippen LogP contribution in [0.15, 0.2) is 76.2 Å². The van der Waals surface area contributed by atoms with Crippen LogP contribution in [0.25, 0.3) is 11.1 Å². The second kappa shape index (κ2) is 9.86. The molecule has 0 aromatic heterocycles. The lowest BCUT2D eigenvalue weighted by atomic mass is 9.54. The van der Waals surface area contributed by atoms with Gasteiger partial charge in [-0.15, -0.1) is 0 Å². The summed E-state index contributed by atoms with van der Waals surface area (Å²) < 4.78 is 93.3.